The Bertz CT molecular complexity index is 823. The molecule has 0 bridgehead atoms. The van der Waals surface area contributed by atoms with E-state index < -0.39 is 0 Å². The smallest absolute Gasteiger partial charge is 0.0151 e. The Hall–Kier alpha value is -2.34. The molecule has 0 saturated heterocycles. The highest BCUT2D eigenvalue weighted by Crippen LogP contribution is 2.29. The molecule has 0 spiro atoms. The number of hydrogen-bond acceptors (Lipinski definition) is 0. The third-order valence-electron chi connectivity index (χ3n) is 4.02. The van der Waals surface area contributed by atoms with Crippen LogP contribution in [0.3, 0.4) is 0 Å². The molecular weight excluding hydrogens is 252 g/mol. The first kappa shape index (κ1) is 13.6. The highest BCUT2D eigenvalue weighted by molar-refractivity contribution is 5.88. The number of aryl methyl sites for hydroxylation is 2. The van der Waals surface area contributed by atoms with E-state index in [-0.39, 0.29) is 0 Å². The van der Waals surface area contributed by atoms with Crippen molar-refractivity contribution < 1.29 is 0 Å². The lowest BCUT2D eigenvalue weighted by Gasteiger charge is -2.11. The van der Waals surface area contributed by atoms with Gasteiger partial charge in [-0.25, -0.2) is 0 Å². The van der Waals surface area contributed by atoms with Crippen LogP contribution in [0.15, 0.2) is 60.7 Å². The van der Waals surface area contributed by atoms with E-state index in [1.54, 1.807) is 0 Å². The van der Waals surface area contributed by atoms with Crippen molar-refractivity contribution in [3.63, 3.8) is 0 Å². The summed E-state index contributed by atoms with van der Waals surface area (Å²) >= 11 is 0. The molecule has 3 aromatic carbocycles. The maximum absolute atomic E-state index is 2.30. The zero-order valence-electron chi connectivity index (χ0n) is 12.9. The van der Waals surface area contributed by atoms with E-state index in [2.05, 4.69) is 87.5 Å². The monoisotopic (exact) mass is 272 g/mol. The summed E-state index contributed by atoms with van der Waals surface area (Å²) in [5.74, 6) is 0. The van der Waals surface area contributed by atoms with Gasteiger partial charge < -0.3 is 0 Å². The van der Waals surface area contributed by atoms with Gasteiger partial charge in [-0.05, 0) is 65.4 Å². The lowest BCUT2D eigenvalue weighted by Crippen LogP contribution is -1.89. The minimum atomic E-state index is 1.29. The first-order valence-electron chi connectivity index (χ1n) is 7.42. The van der Waals surface area contributed by atoms with E-state index in [1.165, 1.54) is 38.6 Å². The molecule has 0 saturated carbocycles. The maximum Gasteiger partial charge on any atom is -0.0151 e. The van der Waals surface area contributed by atoms with Gasteiger partial charge in [-0.3, -0.25) is 0 Å². The summed E-state index contributed by atoms with van der Waals surface area (Å²) in [7, 11) is 0. The summed E-state index contributed by atoms with van der Waals surface area (Å²) in [6, 6.07) is 19.8. The summed E-state index contributed by atoms with van der Waals surface area (Å²) in [5, 5.41) is 2.59. The Morgan fingerprint density at radius 1 is 0.762 bits per heavy atom. The van der Waals surface area contributed by atoms with Crippen molar-refractivity contribution in [3.05, 3.63) is 77.4 Å². The molecule has 0 N–H and O–H groups in total. The van der Waals surface area contributed by atoms with Gasteiger partial charge in [-0.15, -0.1) is 0 Å². The largest absolute Gasteiger partial charge is 0.0871 e. The summed E-state index contributed by atoms with van der Waals surface area (Å²) in [4.78, 5) is 0. The Kier molecular flexibility index (Phi) is 3.62. The average molecular weight is 272 g/mol. The summed E-state index contributed by atoms with van der Waals surface area (Å²) in [5.41, 5.74) is 6.57. The van der Waals surface area contributed by atoms with Gasteiger partial charge in [0.05, 0.1) is 0 Å². The van der Waals surface area contributed by atoms with E-state index in [0.717, 1.165) is 0 Å². The minimum absolute atomic E-state index is 1.29. The molecular formula is C21H20. The van der Waals surface area contributed by atoms with Gasteiger partial charge in [-0.1, -0.05) is 60.7 Å². The predicted molar refractivity (Wildman–Crippen MR) is 93.6 cm³/mol. The van der Waals surface area contributed by atoms with Gasteiger partial charge >= 0.3 is 0 Å². The Morgan fingerprint density at radius 2 is 1.52 bits per heavy atom. The van der Waals surface area contributed by atoms with Crippen LogP contribution in [0.5, 0.6) is 0 Å². The van der Waals surface area contributed by atoms with Crippen LogP contribution < -0.4 is 0 Å². The van der Waals surface area contributed by atoms with Crippen molar-refractivity contribution in [1.82, 2.24) is 0 Å². The molecule has 0 nitrogen and oxygen atoms in total. The fourth-order valence-electron chi connectivity index (χ4n) is 2.87. The van der Waals surface area contributed by atoms with Crippen LogP contribution in [0.25, 0.3) is 28.0 Å². The summed E-state index contributed by atoms with van der Waals surface area (Å²) in [6.07, 6.45) is 4.27. The molecule has 0 unspecified atom stereocenters. The third-order valence-corrected chi connectivity index (χ3v) is 4.02. The van der Waals surface area contributed by atoms with Crippen molar-refractivity contribution in [2.45, 2.75) is 20.8 Å². The molecule has 104 valence electrons. The van der Waals surface area contributed by atoms with Crippen LogP contribution in [-0.2, 0) is 0 Å². The lowest BCUT2D eigenvalue weighted by molar-refractivity contribution is 1.37. The number of rotatable bonds is 2. The van der Waals surface area contributed by atoms with Crippen molar-refractivity contribution in [3.8, 4) is 11.1 Å². The number of benzene rings is 3. The molecule has 0 heterocycles. The van der Waals surface area contributed by atoms with E-state index in [9.17, 15) is 0 Å². The van der Waals surface area contributed by atoms with Crippen LogP contribution in [0.2, 0.25) is 0 Å². The zero-order chi connectivity index (χ0) is 14.8. The van der Waals surface area contributed by atoms with Crippen molar-refractivity contribution in [2.75, 3.05) is 0 Å². The van der Waals surface area contributed by atoms with Gasteiger partial charge in [0.2, 0.25) is 0 Å². The van der Waals surface area contributed by atoms with Crippen molar-refractivity contribution >= 4 is 16.8 Å². The van der Waals surface area contributed by atoms with Gasteiger partial charge in [0.25, 0.3) is 0 Å². The number of fused-ring (bicyclic) bond motifs is 1. The number of hydrogen-bond donors (Lipinski definition) is 0. The molecule has 0 atom stereocenters. The van der Waals surface area contributed by atoms with E-state index in [1.807, 2.05) is 0 Å². The molecule has 0 fully saturated rings. The standard InChI is InChI=1S/C21H20/c1-4-7-18-12-16(3)21(13-15(18)2)20-11-10-17-8-5-6-9-19(17)14-20/h4-14H,1-3H3/b7-4+. The second-order valence-electron chi connectivity index (χ2n) is 5.59. The first-order valence-corrected chi connectivity index (χ1v) is 7.42. The van der Waals surface area contributed by atoms with Gasteiger partial charge in [0.15, 0.2) is 0 Å². The molecule has 0 aliphatic rings. The molecule has 0 aliphatic carbocycles. The lowest BCUT2D eigenvalue weighted by atomic mass is 9.93. The van der Waals surface area contributed by atoms with Crippen LogP contribution in [0.1, 0.15) is 23.6 Å². The maximum atomic E-state index is 2.30. The fourth-order valence-corrected chi connectivity index (χ4v) is 2.87. The average Bonchev–Trinajstić information content (AvgIpc) is 2.50. The van der Waals surface area contributed by atoms with E-state index in [4.69, 9.17) is 0 Å². The summed E-state index contributed by atoms with van der Waals surface area (Å²) in [6.45, 7) is 6.43. The van der Waals surface area contributed by atoms with Gasteiger partial charge in [-0.2, -0.15) is 0 Å². The molecule has 0 aliphatic heterocycles. The quantitative estimate of drug-likeness (QED) is 0.524. The third kappa shape index (κ3) is 2.62. The molecule has 0 radical (unpaired) electrons. The zero-order valence-corrected chi connectivity index (χ0v) is 12.9. The Labute approximate surface area is 126 Å². The van der Waals surface area contributed by atoms with Crippen LogP contribution in [0.4, 0.5) is 0 Å². The Morgan fingerprint density at radius 3 is 2.29 bits per heavy atom. The van der Waals surface area contributed by atoms with Crippen LogP contribution >= 0.6 is 0 Å². The normalized spacial score (nSPS) is 11.4. The predicted octanol–water partition coefficient (Wildman–Crippen LogP) is 6.16. The SMILES string of the molecule is C/C=C/c1cc(C)c(-c2ccc3ccccc3c2)cc1C. The van der Waals surface area contributed by atoms with Crippen LogP contribution in [0, 0.1) is 13.8 Å². The topological polar surface area (TPSA) is 0 Å². The van der Waals surface area contributed by atoms with E-state index >= 15 is 0 Å². The molecule has 21 heavy (non-hydrogen) atoms. The molecule has 0 heteroatoms. The Balaban J connectivity index is 2.16. The molecule has 3 rings (SSSR count). The highest BCUT2D eigenvalue weighted by Gasteiger charge is 2.06. The van der Waals surface area contributed by atoms with Gasteiger partial charge in [0.1, 0.15) is 0 Å². The number of allylic oxidation sites excluding steroid dienone is 1. The molecule has 0 aromatic heterocycles. The molecule has 0 amide bonds. The molecule has 3 aromatic rings. The minimum Gasteiger partial charge on any atom is -0.0871 e. The van der Waals surface area contributed by atoms with Crippen molar-refractivity contribution in [1.29, 1.82) is 0 Å². The van der Waals surface area contributed by atoms with E-state index in [0.29, 0.717) is 0 Å². The second-order valence-corrected chi connectivity index (χ2v) is 5.59. The van der Waals surface area contributed by atoms with Gasteiger partial charge in [0, 0.05) is 0 Å². The first-order chi connectivity index (χ1) is 10.2. The summed E-state index contributed by atoms with van der Waals surface area (Å²) < 4.78 is 0. The second kappa shape index (κ2) is 5.57. The van der Waals surface area contributed by atoms with Crippen LogP contribution in [-0.4, -0.2) is 0 Å². The fraction of sp³-hybridized carbons (Fsp3) is 0.143. The van der Waals surface area contributed by atoms with Crippen molar-refractivity contribution in [2.24, 2.45) is 0 Å². The highest BCUT2D eigenvalue weighted by atomic mass is 14.1.